The lowest BCUT2D eigenvalue weighted by Crippen LogP contribution is -1.96. The maximum absolute atomic E-state index is 9.54. The molecule has 0 fully saturated rings. The number of nitrogens with zero attached hydrogens (tertiary/aromatic N) is 3. The summed E-state index contributed by atoms with van der Waals surface area (Å²) in [5.41, 5.74) is 17.4. The lowest BCUT2D eigenvalue weighted by molar-refractivity contribution is 1.18. The number of para-hydroxylation sites is 2. The molecule has 11 aromatic rings. The molecule has 0 atom stereocenters. The molecule has 2 aromatic heterocycles. The van der Waals surface area contributed by atoms with Gasteiger partial charge in [-0.3, -0.25) is 0 Å². The number of nitriles is 1. The molecule has 0 saturated carbocycles. The molecule has 0 aliphatic heterocycles. The quantitative estimate of drug-likeness (QED) is 0.179. The van der Waals surface area contributed by atoms with Crippen molar-refractivity contribution in [3.8, 4) is 62.0 Å². The second kappa shape index (κ2) is 11.7. The molecule has 0 bridgehead atoms. The van der Waals surface area contributed by atoms with Crippen LogP contribution < -0.4 is 0 Å². The Morgan fingerprint density at radius 1 is 0.339 bits per heavy atom. The molecule has 258 valence electrons. The minimum Gasteiger partial charge on any atom is -0.309 e. The van der Waals surface area contributed by atoms with Crippen LogP contribution in [0, 0.1) is 11.3 Å². The molecule has 0 unspecified atom stereocenters. The first-order valence-electron chi connectivity index (χ1n) is 19.1. The summed E-state index contributed by atoms with van der Waals surface area (Å²) < 4.78 is 4.84. The molecular formula is C53H31N3. The zero-order valence-electron chi connectivity index (χ0n) is 30.2. The minimum atomic E-state index is 0.659. The van der Waals surface area contributed by atoms with Crippen LogP contribution in [0.1, 0.15) is 5.56 Å². The van der Waals surface area contributed by atoms with E-state index in [2.05, 4.69) is 185 Å². The maximum Gasteiger partial charge on any atom is 0.0991 e. The predicted molar refractivity (Wildman–Crippen MR) is 233 cm³/mol. The van der Waals surface area contributed by atoms with Crippen LogP contribution in [0.3, 0.4) is 0 Å². The molecule has 9 aromatic carbocycles. The Kier molecular flexibility index (Phi) is 6.41. The van der Waals surface area contributed by atoms with E-state index in [4.69, 9.17) is 0 Å². The van der Waals surface area contributed by atoms with E-state index in [1.807, 2.05) is 18.2 Å². The van der Waals surface area contributed by atoms with E-state index >= 15 is 0 Å². The first-order valence-corrected chi connectivity index (χ1v) is 19.1. The Morgan fingerprint density at radius 3 is 1.73 bits per heavy atom. The van der Waals surface area contributed by atoms with E-state index in [0.29, 0.717) is 5.56 Å². The second-order valence-electron chi connectivity index (χ2n) is 14.8. The Morgan fingerprint density at radius 2 is 0.911 bits per heavy atom. The number of hydrogen-bond donors (Lipinski definition) is 0. The molecule has 0 N–H and O–H groups in total. The number of aromatic nitrogens is 2. The third-order valence-corrected chi connectivity index (χ3v) is 11.9. The van der Waals surface area contributed by atoms with Crippen LogP contribution in [0.5, 0.6) is 0 Å². The number of fused-ring (bicyclic) bond motifs is 9. The molecule has 0 spiro atoms. The highest BCUT2D eigenvalue weighted by molar-refractivity contribution is 6.19. The summed E-state index contributed by atoms with van der Waals surface area (Å²) in [4.78, 5) is 0. The highest BCUT2D eigenvalue weighted by Crippen LogP contribution is 2.49. The fraction of sp³-hybridized carbons (Fsp3) is 0. The summed E-state index contributed by atoms with van der Waals surface area (Å²) in [6, 6.07) is 70.3. The molecule has 3 nitrogen and oxygen atoms in total. The first-order chi connectivity index (χ1) is 27.7. The third-order valence-electron chi connectivity index (χ3n) is 11.9. The molecule has 1 aliphatic carbocycles. The van der Waals surface area contributed by atoms with Gasteiger partial charge in [0.25, 0.3) is 0 Å². The average Bonchev–Trinajstić information content (AvgIpc) is 3.90. The van der Waals surface area contributed by atoms with Crippen molar-refractivity contribution in [3.05, 3.63) is 194 Å². The summed E-state index contributed by atoms with van der Waals surface area (Å²) in [7, 11) is 0. The Balaban J connectivity index is 1.04. The lowest BCUT2D eigenvalue weighted by atomic mass is 10.0. The van der Waals surface area contributed by atoms with E-state index in [1.165, 1.54) is 82.4 Å². The molecular weight excluding hydrogens is 679 g/mol. The van der Waals surface area contributed by atoms with Crippen LogP contribution in [0.2, 0.25) is 0 Å². The van der Waals surface area contributed by atoms with Crippen molar-refractivity contribution < 1.29 is 0 Å². The second-order valence-corrected chi connectivity index (χ2v) is 14.8. The Labute approximate surface area is 323 Å². The predicted octanol–water partition coefficient (Wildman–Crippen LogP) is 13.9. The minimum absolute atomic E-state index is 0.659. The average molecular weight is 710 g/mol. The van der Waals surface area contributed by atoms with Crippen LogP contribution >= 0.6 is 0 Å². The van der Waals surface area contributed by atoms with Gasteiger partial charge in [0.15, 0.2) is 0 Å². The van der Waals surface area contributed by atoms with Gasteiger partial charge in [0.1, 0.15) is 0 Å². The van der Waals surface area contributed by atoms with E-state index in [-0.39, 0.29) is 0 Å². The van der Waals surface area contributed by atoms with Gasteiger partial charge in [-0.25, -0.2) is 0 Å². The van der Waals surface area contributed by atoms with Crippen molar-refractivity contribution in [3.63, 3.8) is 0 Å². The van der Waals surface area contributed by atoms with Gasteiger partial charge in [0.2, 0.25) is 0 Å². The highest BCUT2D eigenvalue weighted by atomic mass is 15.0. The number of rotatable bonds is 4. The fourth-order valence-electron chi connectivity index (χ4n) is 9.42. The lowest BCUT2D eigenvalue weighted by Gasteiger charge is -2.14. The summed E-state index contributed by atoms with van der Waals surface area (Å²) in [6.45, 7) is 0. The Bertz CT molecular complexity index is 3470. The molecule has 56 heavy (non-hydrogen) atoms. The molecule has 0 amide bonds. The van der Waals surface area contributed by atoms with Gasteiger partial charge in [-0.1, -0.05) is 127 Å². The summed E-state index contributed by atoms with van der Waals surface area (Å²) >= 11 is 0. The maximum atomic E-state index is 9.54. The molecule has 1 aliphatic rings. The van der Waals surface area contributed by atoms with Crippen molar-refractivity contribution in [1.29, 1.82) is 5.26 Å². The van der Waals surface area contributed by atoms with Crippen LogP contribution in [0.4, 0.5) is 0 Å². The Hall–Kier alpha value is -7.67. The van der Waals surface area contributed by atoms with E-state index in [0.717, 1.165) is 27.8 Å². The molecule has 12 rings (SSSR count). The summed E-state index contributed by atoms with van der Waals surface area (Å²) in [6.07, 6.45) is 0. The topological polar surface area (TPSA) is 33.6 Å². The van der Waals surface area contributed by atoms with E-state index in [1.54, 1.807) is 0 Å². The van der Waals surface area contributed by atoms with Crippen LogP contribution in [-0.2, 0) is 0 Å². The number of benzene rings is 9. The van der Waals surface area contributed by atoms with Crippen molar-refractivity contribution >= 4 is 54.4 Å². The van der Waals surface area contributed by atoms with Gasteiger partial charge in [-0.15, -0.1) is 0 Å². The molecule has 3 heteroatoms. The first kappa shape index (κ1) is 30.8. The van der Waals surface area contributed by atoms with E-state index in [9.17, 15) is 5.26 Å². The molecule has 0 saturated heterocycles. The van der Waals surface area contributed by atoms with Gasteiger partial charge in [-0.05, 0) is 111 Å². The molecule has 2 heterocycles. The van der Waals surface area contributed by atoms with Crippen molar-refractivity contribution in [1.82, 2.24) is 9.13 Å². The zero-order valence-corrected chi connectivity index (χ0v) is 30.2. The van der Waals surface area contributed by atoms with Gasteiger partial charge >= 0.3 is 0 Å². The third kappa shape index (κ3) is 4.33. The van der Waals surface area contributed by atoms with Crippen LogP contribution in [0.25, 0.3) is 110 Å². The van der Waals surface area contributed by atoms with Crippen molar-refractivity contribution in [2.75, 3.05) is 0 Å². The van der Waals surface area contributed by atoms with Gasteiger partial charge in [-0.2, -0.15) is 5.26 Å². The normalized spacial score (nSPS) is 11.9. The van der Waals surface area contributed by atoms with Crippen LogP contribution in [0.15, 0.2) is 188 Å². The highest BCUT2D eigenvalue weighted by Gasteiger charge is 2.24. The smallest absolute Gasteiger partial charge is 0.0991 e. The van der Waals surface area contributed by atoms with Gasteiger partial charge in [0.05, 0.1) is 39.4 Å². The summed E-state index contributed by atoms with van der Waals surface area (Å²) in [5.74, 6) is 0. The largest absolute Gasteiger partial charge is 0.309 e. The van der Waals surface area contributed by atoms with Gasteiger partial charge < -0.3 is 9.13 Å². The summed E-state index contributed by atoms with van der Waals surface area (Å²) in [5, 5.41) is 17.1. The van der Waals surface area contributed by atoms with Crippen LogP contribution in [-0.4, -0.2) is 9.13 Å². The molecule has 0 radical (unpaired) electrons. The monoisotopic (exact) mass is 709 g/mol. The zero-order chi connectivity index (χ0) is 36.9. The van der Waals surface area contributed by atoms with Crippen molar-refractivity contribution in [2.24, 2.45) is 0 Å². The van der Waals surface area contributed by atoms with E-state index < -0.39 is 0 Å². The number of hydrogen-bond acceptors (Lipinski definition) is 1. The fourth-order valence-corrected chi connectivity index (χ4v) is 9.42. The van der Waals surface area contributed by atoms with Crippen molar-refractivity contribution in [2.45, 2.75) is 0 Å². The van der Waals surface area contributed by atoms with Gasteiger partial charge in [0, 0.05) is 32.6 Å². The standard InChI is InChI=1S/C53H31N3/c54-32-33-10-7-11-34(28-33)35-12-8-13-38(29-35)55-48-20-5-4-17-42(48)47-30-36(23-26-51(47)55)37-22-24-43-41-16-3-6-21-49(41)56(52(43)31-37)50-27-25-45-40-15-2-1-14-39(40)44-18-9-19-46(50)53(44)45/h1-31H. The SMILES string of the molecule is N#Cc1cccc(-c2cccc(-n3c4ccccc4c4cc(-c5ccc6c7ccccc7n(-c7ccc8c9c(cccc79)-c7ccccc7-8)c6c5)ccc43)c2)c1.